The van der Waals surface area contributed by atoms with Gasteiger partial charge in [0.25, 0.3) is 0 Å². The van der Waals surface area contributed by atoms with Gasteiger partial charge in [0.05, 0.1) is 5.56 Å². The molecule has 1 aliphatic rings. The molecule has 1 unspecified atom stereocenters. The average molecular weight is 264 g/mol. The first-order valence-electron chi connectivity index (χ1n) is 7.14. The Balaban J connectivity index is 2.14. The molecule has 1 fully saturated rings. The molecular weight excluding hydrogens is 240 g/mol. The Hall–Kier alpha value is -1.29. The third-order valence-electron chi connectivity index (χ3n) is 4.13. The Kier molecular flexibility index (Phi) is 4.30. The zero-order chi connectivity index (χ0) is 14.0. The van der Waals surface area contributed by atoms with Crippen LogP contribution in [0.3, 0.4) is 0 Å². The molecule has 1 aromatic heterocycles. The highest BCUT2D eigenvalue weighted by Crippen LogP contribution is 2.22. The molecule has 0 aromatic carbocycles. The zero-order valence-electron chi connectivity index (χ0n) is 12.1. The predicted octanol–water partition coefficient (Wildman–Crippen LogP) is 2.85. The maximum Gasteiger partial charge on any atom is 0.337 e. The molecule has 1 aromatic rings. The van der Waals surface area contributed by atoms with Crippen molar-refractivity contribution in [3.05, 3.63) is 23.0 Å². The van der Waals surface area contributed by atoms with Gasteiger partial charge in [0.15, 0.2) is 0 Å². The lowest BCUT2D eigenvalue weighted by Gasteiger charge is -2.30. The predicted molar refractivity (Wildman–Crippen MR) is 75.9 cm³/mol. The van der Waals surface area contributed by atoms with Gasteiger partial charge in [-0.25, -0.2) is 4.79 Å². The number of aryl methyl sites for hydroxylation is 1. The molecule has 19 heavy (non-hydrogen) atoms. The van der Waals surface area contributed by atoms with E-state index < -0.39 is 5.97 Å². The van der Waals surface area contributed by atoms with Crippen LogP contribution >= 0.6 is 0 Å². The number of nitrogens with zero attached hydrogens (tertiary/aromatic N) is 2. The summed E-state index contributed by atoms with van der Waals surface area (Å²) in [6.45, 7) is 9.44. The van der Waals surface area contributed by atoms with E-state index in [1.165, 1.54) is 32.4 Å². The number of aromatic nitrogens is 1. The molecule has 0 radical (unpaired) electrons. The Labute approximate surface area is 115 Å². The van der Waals surface area contributed by atoms with Crippen LogP contribution in [0.15, 0.2) is 6.07 Å². The third kappa shape index (κ3) is 3.00. The number of carboxylic acids is 1. The maximum absolute atomic E-state index is 11.2. The van der Waals surface area contributed by atoms with Crippen LogP contribution in [0.25, 0.3) is 0 Å². The largest absolute Gasteiger partial charge is 0.478 e. The standard InChI is InChI=1S/C15H24N2O2/c1-11-9-14(15(18)19)13(3)17(11)12(2)10-16-7-5-4-6-8-16/h9,12H,4-8,10H2,1-3H3,(H,18,19). The van der Waals surface area contributed by atoms with E-state index >= 15 is 0 Å². The second-order valence-electron chi connectivity index (χ2n) is 5.67. The first-order valence-corrected chi connectivity index (χ1v) is 7.14. The van der Waals surface area contributed by atoms with E-state index in [0.29, 0.717) is 11.6 Å². The molecule has 0 saturated carbocycles. The average Bonchev–Trinajstić information content (AvgIpc) is 2.66. The van der Waals surface area contributed by atoms with Gasteiger partial charge in [-0.05, 0) is 52.8 Å². The molecule has 0 bridgehead atoms. The summed E-state index contributed by atoms with van der Waals surface area (Å²) in [7, 11) is 0. The smallest absolute Gasteiger partial charge is 0.337 e. The normalized spacial score (nSPS) is 18.5. The molecule has 2 rings (SSSR count). The van der Waals surface area contributed by atoms with Gasteiger partial charge < -0.3 is 14.6 Å². The van der Waals surface area contributed by atoms with Crippen molar-refractivity contribution in [3.63, 3.8) is 0 Å². The van der Waals surface area contributed by atoms with Crippen LogP contribution in [0, 0.1) is 13.8 Å². The molecule has 1 saturated heterocycles. The fourth-order valence-corrected chi connectivity index (χ4v) is 3.27. The van der Waals surface area contributed by atoms with E-state index in [1.807, 2.05) is 13.8 Å². The molecule has 4 heteroatoms. The quantitative estimate of drug-likeness (QED) is 0.909. The summed E-state index contributed by atoms with van der Waals surface area (Å²) in [5.74, 6) is -0.829. The van der Waals surface area contributed by atoms with Gasteiger partial charge in [0.2, 0.25) is 0 Å². The summed E-state index contributed by atoms with van der Waals surface area (Å²) >= 11 is 0. The van der Waals surface area contributed by atoms with Crippen molar-refractivity contribution < 1.29 is 9.90 Å². The summed E-state index contributed by atoms with van der Waals surface area (Å²) in [5, 5.41) is 9.18. The van der Waals surface area contributed by atoms with Crippen LogP contribution in [0.4, 0.5) is 0 Å². The molecule has 1 aliphatic heterocycles. The second kappa shape index (κ2) is 5.78. The monoisotopic (exact) mass is 264 g/mol. The van der Waals surface area contributed by atoms with Gasteiger partial charge in [0.1, 0.15) is 0 Å². The van der Waals surface area contributed by atoms with E-state index in [-0.39, 0.29) is 0 Å². The maximum atomic E-state index is 11.2. The number of likely N-dealkylation sites (tertiary alicyclic amines) is 1. The first kappa shape index (κ1) is 14.1. The molecule has 1 atom stereocenters. The second-order valence-corrected chi connectivity index (χ2v) is 5.67. The van der Waals surface area contributed by atoms with E-state index in [1.54, 1.807) is 6.07 Å². The summed E-state index contributed by atoms with van der Waals surface area (Å²) in [5.41, 5.74) is 2.34. The lowest BCUT2D eigenvalue weighted by Crippen LogP contribution is -2.34. The van der Waals surface area contributed by atoms with Gasteiger partial charge in [-0.2, -0.15) is 0 Å². The van der Waals surface area contributed by atoms with Crippen LogP contribution < -0.4 is 0 Å². The van der Waals surface area contributed by atoms with E-state index in [9.17, 15) is 9.90 Å². The van der Waals surface area contributed by atoms with Crippen LogP contribution in [-0.2, 0) is 0 Å². The lowest BCUT2D eigenvalue weighted by atomic mass is 10.1. The molecule has 2 heterocycles. The van der Waals surface area contributed by atoms with Crippen molar-refractivity contribution in [2.75, 3.05) is 19.6 Å². The summed E-state index contributed by atoms with van der Waals surface area (Å²) in [6.07, 6.45) is 3.92. The highest BCUT2D eigenvalue weighted by Gasteiger charge is 2.20. The van der Waals surface area contributed by atoms with Gasteiger partial charge in [0, 0.05) is 24.0 Å². The van der Waals surface area contributed by atoms with Crippen LogP contribution in [0.1, 0.15) is 54.0 Å². The van der Waals surface area contributed by atoms with Crippen molar-refractivity contribution in [1.29, 1.82) is 0 Å². The topological polar surface area (TPSA) is 45.5 Å². The molecular formula is C15H24N2O2. The molecule has 1 N–H and O–H groups in total. The SMILES string of the molecule is Cc1cc(C(=O)O)c(C)n1C(C)CN1CCCCC1. The minimum absolute atomic E-state index is 0.325. The summed E-state index contributed by atoms with van der Waals surface area (Å²) in [4.78, 5) is 13.7. The highest BCUT2D eigenvalue weighted by atomic mass is 16.4. The van der Waals surface area contributed by atoms with E-state index in [0.717, 1.165) is 17.9 Å². The number of carboxylic acid groups (broad SMARTS) is 1. The van der Waals surface area contributed by atoms with Gasteiger partial charge in [-0.15, -0.1) is 0 Å². The molecule has 0 amide bonds. The Morgan fingerprint density at radius 1 is 1.32 bits per heavy atom. The number of hydrogen-bond donors (Lipinski definition) is 1. The summed E-state index contributed by atoms with van der Waals surface area (Å²) < 4.78 is 2.16. The minimum Gasteiger partial charge on any atom is -0.478 e. The highest BCUT2D eigenvalue weighted by molar-refractivity contribution is 5.89. The van der Waals surface area contributed by atoms with Crippen molar-refractivity contribution >= 4 is 5.97 Å². The Bertz CT molecular complexity index is 459. The van der Waals surface area contributed by atoms with Crippen molar-refractivity contribution in [2.24, 2.45) is 0 Å². The molecule has 106 valence electrons. The fourth-order valence-electron chi connectivity index (χ4n) is 3.27. The lowest BCUT2D eigenvalue weighted by molar-refractivity contribution is 0.0696. The van der Waals surface area contributed by atoms with Gasteiger partial charge in [-0.3, -0.25) is 0 Å². The molecule has 0 aliphatic carbocycles. The van der Waals surface area contributed by atoms with Crippen LogP contribution in [0.5, 0.6) is 0 Å². The molecule has 4 nitrogen and oxygen atoms in total. The van der Waals surface area contributed by atoms with Gasteiger partial charge >= 0.3 is 5.97 Å². The van der Waals surface area contributed by atoms with Gasteiger partial charge in [-0.1, -0.05) is 6.42 Å². The number of rotatable bonds is 4. The molecule has 0 spiro atoms. The van der Waals surface area contributed by atoms with E-state index in [2.05, 4.69) is 16.4 Å². The Morgan fingerprint density at radius 3 is 2.47 bits per heavy atom. The number of carbonyl (C=O) groups is 1. The van der Waals surface area contributed by atoms with Crippen molar-refractivity contribution in [1.82, 2.24) is 9.47 Å². The fraction of sp³-hybridized carbons (Fsp3) is 0.667. The first-order chi connectivity index (χ1) is 9.00. The van der Waals surface area contributed by atoms with Crippen LogP contribution in [0.2, 0.25) is 0 Å². The third-order valence-corrected chi connectivity index (χ3v) is 4.13. The summed E-state index contributed by atoms with van der Waals surface area (Å²) in [6, 6.07) is 2.11. The minimum atomic E-state index is -0.829. The zero-order valence-corrected chi connectivity index (χ0v) is 12.1. The number of hydrogen-bond acceptors (Lipinski definition) is 2. The van der Waals surface area contributed by atoms with Crippen molar-refractivity contribution in [3.8, 4) is 0 Å². The van der Waals surface area contributed by atoms with E-state index in [4.69, 9.17) is 0 Å². The number of aromatic carboxylic acids is 1. The Morgan fingerprint density at radius 2 is 1.95 bits per heavy atom. The van der Waals surface area contributed by atoms with Crippen LogP contribution in [-0.4, -0.2) is 40.2 Å². The van der Waals surface area contributed by atoms with Crippen molar-refractivity contribution in [2.45, 2.75) is 46.1 Å². The number of piperidine rings is 1.